The molecule has 0 aromatic heterocycles. The van der Waals surface area contributed by atoms with Gasteiger partial charge in [-0.1, -0.05) is 30.3 Å². The van der Waals surface area contributed by atoms with Gasteiger partial charge in [0.1, 0.15) is 29.7 Å². The summed E-state index contributed by atoms with van der Waals surface area (Å²) in [5.41, 5.74) is 3.02. The topological polar surface area (TPSA) is 140 Å². The Morgan fingerprint density at radius 1 is 0.976 bits per heavy atom. The van der Waals surface area contributed by atoms with Crippen LogP contribution in [0.25, 0.3) is 0 Å². The first-order valence-electron chi connectivity index (χ1n) is 14.6. The van der Waals surface area contributed by atoms with Gasteiger partial charge < -0.3 is 35.8 Å². The van der Waals surface area contributed by atoms with Gasteiger partial charge in [-0.3, -0.25) is 14.4 Å². The van der Waals surface area contributed by atoms with Crippen LogP contribution in [0.4, 0.5) is 0 Å². The average molecular weight is 565 g/mol. The van der Waals surface area contributed by atoms with Gasteiger partial charge in [0, 0.05) is 26.6 Å². The summed E-state index contributed by atoms with van der Waals surface area (Å²) in [5.74, 6) is -0.0549. The Morgan fingerprint density at radius 2 is 1.71 bits per heavy atom. The van der Waals surface area contributed by atoms with Crippen LogP contribution in [0.3, 0.4) is 0 Å². The van der Waals surface area contributed by atoms with E-state index in [9.17, 15) is 24.6 Å². The molecule has 0 radical (unpaired) electrons. The minimum Gasteiger partial charge on any atom is -0.508 e. The second-order valence-corrected chi connectivity index (χ2v) is 11.4. The fourth-order valence-electron chi connectivity index (χ4n) is 5.73. The lowest BCUT2D eigenvalue weighted by atomic mass is 9.96. The number of aryl methyl sites for hydroxylation is 2. The first-order chi connectivity index (χ1) is 19.8. The molecule has 2 aliphatic heterocycles. The number of hydrogen-bond acceptors (Lipinski definition) is 7. The lowest BCUT2D eigenvalue weighted by Crippen LogP contribution is -2.59. The number of aromatic hydroxyl groups is 1. The number of hydrogen-bond donors (Lipinski definition) is 5. The number of fused-ring (bicyclic) bond motifs is 1. The maximum absolute atomic E-state index is 13.6. The second-order valence-electron chi connectivity index (χ2n) is 11.4. The van der Waals surface area contributed by atoms with Crippen LogP contribution in [0.2, 0.25) is 0 Å². The molecule has 2 heterocycles. The van der Waals surface area contributed by atoms with Crippen LogP contribution in [0.1, 0.15) is 42.4 Å². The maximum Gasteiger partial charge on any atom is 0.245 e. The van der Waals surface area contributed by atoms with E-state index in [1.807, 2.05) is 6.07 Å². The fourth-order valence-corrected chi connectivity index (χ4v) is 5.73. The van der Waals surface area contributed by atoms with Gasteiger partial charge in [0.25, 0.3) is 0 Å². The van der Waals surface area contributed by atoms with Gasteiger partial charge in [0.05, 0.1) is 12.6 Å². The van der Waals surface area contributed by atoms with E-state index in [-0.39, 0.29) is 36.0 Å². The molecule has 4 atom stereocenters. The number of aliphatic hydroxyl groups excluding tert-OH is 1. The zero-order valence-electron chi connectivity index (χ0n) is 23.5. The normalized spacial score (nSPS) is 26.3. The summed E-state index contributed by atoms with van der Waals surface area (Å²) in [7, 11) is 1.52. The van der Waals surface area contributed by atoms with E-state index in [0.29, 0.717) is 19.5 Å². The van der Waals surface area contributed by atoms with Gasteiger partial charge in [0.2, 0.25) is 17.7 Å². The molecule has 220 valence electrons. The largest absolute Gasteiger partial charge is 0.508 e. The summed E-state index contributed by atoms with van der Waals surface area (Å²) in [4.78, 5) is 41.6. The van der Waals surface area contributed by atoms with Crippen molar-refractivity contribution in [3.05, 3.63) is 59.2 Å². The standard InChI is InChI=1S/C31H40N4O6/c1-35-26(18-36)30(39)34-25(16-19-7-12-23(37)13-8-19)29(38)32-15-3-6-21-4-2-5-22-11-14-24(41-28(21)22)17-33-27(31(35)40)20-9-10-20/h2,4-5,7-8,12-13,20,24-27,33,36-37H,3,6,9-11,14-18H2,1H3,(H,32,38)(H,34,39)/t24?,25-,26+,27+/m0/s1. The van der Waals surface area contributed by atoms with Crippen molar-refractivity contribution >= 4 is 17.7 Å². The van der Waals surface area contributed by atoms with E-state index < -0.39 is 30.6 Å². The molecule has 0 saturated heterocycles. The quantitative estimate of drug-likeness (QED) is 0.374. The van der Waals surface area contributed by atoms with Crippen molar-refractivity contribution in [1.82, 2.24) is 20.9 Å². The molecule has 2 bridgehead atoms. The maximum atomic E-state index is 13.6. The number of nitrogens with zero attached hydrogens (tertiary/aromatic N) is 1. The van der Waals surface area contributed by atoms with Crippen molar-refractivity contribution in [2.75, 3.05) is 26.7 Å². The fraction of sp³-hybridized carbons (Fsp3) is 0.516. The number of phenols is 1. The smallest absolute Gasteiger partial charge is 0.245 e. The van der Waals surface area contributed by atoms with Crippen LogP contribution >= 0.6 is 0 Å². The second kappa shape index (κ2) is 12.9. The van der Waals surface area contributed by atoms with Crippen LogP contribution in [0.5, 0.6) is 11.5 Å². The van der Waals surface area contributed by atoms with Gasteiger partial charge in [-0.25, -0.2) is 0 Å². The van der Waals surface area contributed by atoms with Gasteiger partial charge >= 0.3 is 0 Å². The molecule has 5 rings (SSSR count). The highest BCUT2D eigenvalue weighted by Crippen LogP contribution is 2.35. The molecular weight excluding hydrogens is 524 g/mol. The number of amides is 3. The Hall–Kier alpha value is -3.63. The Kier molecular flexibility index (Phi) is 9.09. The lowest BCUT2D eigenvalue weighted by Gasteiger charge is -2.33. The van der Waals surface area contributed by atoms with Crippen LogP contribution < -0.4 is 20.7 Å². The third-order valence-corrected chi connectivity index (χ3v) is 8.35. The number of phenolic OH excluding ortho intramolecular Hbond substituents is 1. The van der Waals surface area contributed by atoms with Crippen molar-refractivity contribution in [1.29, 1.82) is 0 Å². The molecule has 10 heteroatoms. The number of aliphatic hydroxyl groups is 1. The minimum atomic E-state index is -1.15. The Morgan fingerprint density at radius 3 is 2.41 bits per heavy atom. The Balaban J connectivity index is 1.40. The Bertz CT molecular complexity index is 1250. The summed E-state index contributed by atoms with van der Waals surface area (Å²) in [6.45, 7) is 0.333. The van der Waals surface area contributed by atoms with Gasteiger partial charge in [-0.15, -0.1) is 0 Å². The SMILES string of the molecule is CN1C(=O)[C@@H](C2CC2)NCC2CCc3cccc(c3O2)CCCNC(=O)[C@H](Cc2ccc(O)cc2)NC(=O)[C@H]1CO. The van der Waals surface area contributed by atoms with Gasteiger partial charge in [0.15, 0.2) is 0 Å². The number of carbonyl (C=O) groups excluding carboxylic acids is 3. The van der Waals surface area contributed by atoms with E-state index in [1.165, 1.54) is 29.6 Å². The summed E-state index contributed by atoms with van der Waals surface area (Å²) in [6, 6.07) is 10.0. The van der Waals surface area contributed by atoms with Crippen LogP contribution in [0.15, 0.2) is 42.5 Å². The highest BCUT2D eigenvalue weighted by molar-refractivity contribution is 5.93. The number of ether oxygens (including phenoxy) is 1. The molecule has 0 spiro atoms. The summed E-state index contributed by atoms with van der Waals surface area (Å²) in [6.07, 6.45) is 5.07. The first-order valence-corrected chi connectivity index (χ1v) is 14.6. The number of carbonyl (C=O) groups is 3. The molecule has 2 aromatic carbocycles. The molecule has 41 heavy (non-hydrogen) atoms. The average Bonchev–Trinajstić information content (AvgIpc) is 3.81. The Labute approximate surface area is 240 Å². The molecule has 1 unspecified atom stereocenters. The van der Waals surface area contributed by atoms with Gasteiger partial charge in [-0.2, -0.15) is 0 Å². The van der Waals surface area contributed by atoms with Crippen molar-refractivity contribution in [3.63, 3.8) is 0 Å². The monoisotopic (exact) mass is 564 g/mol. The number of benzene rings is 2. The third-order valence-electron chi connectivity index (χ3n) is 8.35. The molecule has 1 fully saturated rings. The van der Waals surface area contributed by atoms with Crippen LogP contribution in [0, 0.1) is 5.92 Å². The molecule has 1 aliphatic carbocycles. The van der Waals surface area contributed by atoms with Gasteiger partial charge in [-0.05, 0) is 73.3 Å². The van der Waals surface area contributed by atoms with E-state index in [2.05, 4.69) is 28.1 Å². The third kappa shape index (κ3) is 7.00. The highest BCUT2D eigenvalue weighted by atomic mass is 16.5. The first kappa shape index (κ1) is 28.9. The van der Waals surface area contributed by atoms with Crippen LogP contribution in [-0.4, -0.2) is 83.8 Å². The molecular formula is C31H40N4O6. The lowest BCUT2D eigenvalue weighted by molar-refractivity contribution is -0.143. The molecule has 3 amide bonds. The van der Waals surface area contributed by atoms with E-state index in [1.54, 1.807) is 12.1 Å². The zero-order chi connectivity index (χ0) is 28.9. The number of likely N-dealkylation sites (N-methyl/N-ethyl adjacent to an activating group) is 1. The van der Waals surface area contributed by atoms with E-state index in [4.69, 9.17) is 4.74 Å². The summed E-state index contributed by atoms with van der Waals surface area (Å²) < 4.78 is 6.45. The molecule has 3 aliphatic rings. The summed E-state index contributed by atoms with van der Waals surface area (Å²) in [5, 5.41) is 29.0. The van der Waals surface area contributed by atoms with Crippen molar-refractivity contribution < 1.29 is 29.3 Å². The predicted molar refractivity (Wildman–Crippen MR) is 152 cm³/mol. The van der Waals surface area contributed by atoms with Crippen molar-refractivity contribution in [3.8, 4) is 11.5 Å². The number of rotatable bonds is 4. The zero-order valence-corrected chi connectivity index (χ0v) is 23.5. The molecule has 5 N–H and O–H groups in total. The number of para-hydroxylation sites is 1. The number of nitrogens with one attached hydrogen (secondary N) is 3. The minimum absolute atomic E-state index is 0.0841. The highest BCUT2D eigenvalue weighted by Gasteiger charge is 2.41. The van der Waals surface area contributed by atoms with Crippen molar-refractivity contribution in [2.24, 2.45) is 5.92 Å². The van der Waals surface area contributed by atoms with Crippen LogP contribution in [-0.2, 0) is 33.6 Å². The molecule has 2 aromatic rings. The van der Waals surface area contributed by atoms with E-state index >= 15 is 0 Å². The summed E-state index contributed by atoms with van der Waals surface area (Å²) >= 11 is 0. The molecule has 1 saturated carbocycles. The predicted octanol–water partition coefficient (Wildman–Crippen LogP) is 1.06. The molecule has 10 nitrogen and oxygen atoms in total. The van der Waals surface area contributed by atoms with Crippen molar-refractivity contribution in [2.45, 2.75) is 69.2 Å². The van der Waals surface area contributed by atoms with E-state index in [0.717, 1.165) is 49.0 Å².